The number of rotatable bonds is 3. The zero-order valence-corrected chi connectivity index (χ0v) is 12.4. The summed E-state index contributed by atoms with van der Waals surface area (Å²) in [5.41, 5.74) is 2.32. The van der Waals surface area contributed by atoms with E-state index in [1.54, 1.807) is 27.9 Å². The van der Waals surface area contributed by atoms with Gasteiger partial charge >= 0.3 is 0 Å². The lowest BCUT2D eigenvalue weighted by Gasteiger charge is -2.21. The van der Waals surface area contributed by atoms with Gasteiger partial charge in [-0.05, 0) is 37.1 Å². The summed E-state index contributed by atoms with van der Waals surface area (Å²) in [6.07, 6.45) is 4.14. The molecule has 6 heteroatoms. The Kier molecular flexibility index (Phi) is 3.51. The van der Waals surface area contributed by atoms with E-state index in [4.69, 9.17) is 11.6 Å². The number of anilines is 1. The number of halogens is 1. The van der Waals surface area contributed by atoms with Crippen molar-refractivity contribution in [2.24, 2.45) is 0 Å². The van der Waals surface area contributed by atoms with Crippen LogP contribution in [0.3, 0.4) is 0 Å². The van der Waals surface area contributed by atoms with Crippen molar-refractivity contribution in [1.82, 2.24) is 15.0 Å². The summed E-state index contributed by atoms with van der Waals surface area (Å²) in [6.45, 7) is 6.18. The van der Waals surface area contributed by atoms with Gasteiger partial charge in [0.05, 0.1) is 12.7 Å². The van der Waals surface area contributed by atoms with Gasteiger partial charge in [0.2, 0.25) is 0 Å². The fourth-order valence-electron chi connectivity index (χ4n) is 2.65. The third-order valence-corrected chi connectivity index (χ3v) is 3.78. The van der Waals surface area contributed by atoms with Crippen LogP contribution >= 0.6 is 11.6 Å². The highest BCUT2D eigenvalue weighted by molar-refractivity contribution is 6.30. The highest BCUT2D eigenvalue weighted by atomic mass is 35.5. The Bertz CT molecular complexity index is 709. The van der Waals surface area contributed by atoms with Crippen molar-refractivity contribution in [3.63, 3.8) is 0 Å². The van der Waals surface area contributed by atoms with Gasteiger partial charge in [0.1, 0.15) is 0 Å². The van der Waals surface area contributed by atoms with Crippen molar-refractivity contribution in [2.45, 2.75) is 25.9 Å². The van der Waals surface area contributed by atoms with E-state index in [9.17, 15) is 4.79 Å². The van der Waals surface area contributed by atoms with E-state index in [1.807, 2.05) is 19.1 Å². The molecular formula is C15H15ClN4O. The summed E-state index contributed by atoms with van der Waals surface area (Å²) in [7, 11) is 0. The number of fused-ring (bicyclic) bond motifs is 1. The van der Waals surface area contributed by atoms with Gasteiger partial charge in [0.15, 0.2) is 5.69 Å². The molecule has 3 rings (SSSR count). The zero-order valence-electron chi connectivity index (χ0n) is 11.7. The summed E-state index contributed by atoms with van der Waals surface area (Å²) in [6, 6.07) is 5.67. The molecule has 0 fully saturated rings. The molecule has 2 aromatic rings. The topological polar surface area (TPSA) is 51.0 Å². The second kappa shape index (κ2) is 5.33. The van der Waals surface area contributed by atoms with Crippen LogP contribution in [-0.2, 0) is 13.0 Å². The molecular weight excluding hydrogens is 288 g/mol. The fourth-order valence-corrected chi connectivity index (χ4v) is 2.85. The molecule has 21 heavy (non-hydrogen) atoms. The lowest BCUT2D eigenvalue weighted by molar-refractivity contribution is 0.0976. The van der Waals surface area contributed by atoms with Crippen LogP contribution in [0.2, 0.25) is 5.02 Å². The van der Waals surface area contributed by atoms with E-state index in [1.165, 1.54) is 0 Å². The van der Waals surface area contributed by atoms with Crippen molar-refractivity contribution in [2.75, 3.05) is 4.90 Å². The van der Waals surface area contributed by atoms with Crippen molar-refractivity contribution in [3.05, 3.63) is 53.3 Å². The maximum atomic E-state index is 12.7. The predicted molar refractivity (Wildman–Crippen MR) is 81.6 cm³/mol. The SMILES string of the molecule is C=CCn1cc(C(=O)N2c3ccc(Cl)cc3CC2C)nn1. The molecule has 5 nitrogen and oxygen atoms in total. The molecule has 1 aromatic heterocycles. The van der Waals surface area contributed by atoms with E-state index in [0.717, 1.165) is 17.7 Å². The van der Waals surface area contributed by atoms with Crippen LogP contribution in [0.1, 0.15) is 23.0 Å². The van der Waals surface area contributed by atoms with Gasteiger partial charge in [-0.25, -0.2) is 4.68 Å². The molecule has 1 aliphatic heterocycles. The Labute approximate surface area is 127 Å². The number of allylic oxidation sites excluding steroid dienone is 1. The molecule has 0 bridgehead atoms. The number of nitrogens with zero attached hydrogens (tertiary/aromatic N) is 4. The highest BCUT2D eigenvalue weighted by Gasteiger charge is 2.32. The second-order valence-electron chi connectivity index (χ2n) is 5.12. The molecule has 2 heterocycles. The number of carbonyl (C=O) groups is 1. The molecule has 1 unspecified atom stereocenters. The number of hydrogen-bond donors (Lipinski definition) is 0. The zero-order chi connectivity index (χ0) is 15.0. The molecule has 1 aromatic carbocycles. The third kappa shape index (κ3) is 2.45. The minimum Gasteiger partial charge on any atom is -0.304 e. The normalized spacial score (nSPS) is 16.9. The fraction of sp³-hybridized carbons (Fsp3) is 0.267. The molecule has 0 radical (unpaired) electrons. The van der Waals surface area contributed by atoms with Gasteiger partial charge in [-0.15, -0.1) is 11.7 Å². The summed E-state index contributed by atoms with van der Waals surface area (Å²) in [5.74, 6) is -0.140. The van der Waals surface area contributed by atoms with Crippen molar-refractivity contribution in [3.8, 4) is 0 Å². The quantitative estimate of drug-likeness (QED) is 0.819. The molecule has 0 saturated carbocycles. The highest BCUT2D eigenvalue weighted by Crippen LogP contribution is 2.34. The molecule has 1 atom stereocenters. The van der Waals surface area contributed by atoms with Crippen LogP contribution in [-0.4, -0.2) is 26.9 Å². The molecule has 1 amide bonds. The van der Waals surface area contributed by atoms with Crippen LogP contribution < -0.4 is 4.90 Å². The molecule has 108 valence electrons. The summed E-state index contributed by atoms with van der Waals surface area (Å²) in [4.78, 5) is 14.4. The smallest absolute Gasteiger partial charge is 0.280 e. The minimum absolute atomic E-state index is 0.0792. The van der Waals surface area contributed by atoms with Crippen LogP contribution in [0.5, 0.6) is 0 Å². The second-order valence-corrected chi connectivity index (χ2v) is 5.55. The molecule has 0 spiro atoms. The average Bonchev–Trinajstić information content (AvgIpc) is 3.02. The van der Waals surface area contributed by atoms with Gasteiger partial charge in [-0.3, -0.25) is 4.79 Å². The summed E-state index contributed by atoms with van der Waals surface area (Å²) >= 11 is 6.01. The van der Waals surface area contributed by atoms with Crippen LogP contribution in [0, 0.1) is 0 Å². The largest absolute Gasteiger partial charge is 0.304 e. The third-order valence-electron chi connectivity index (χ3n) is 3.55. The predicted octanol–water partition coefficient (Wildman–Crippen LogP) is 2.71. The number of benzene rings is 1. The Morgan fingerprint density at radius 3 is 3.14 bits per heavy atom. The number of hydrogen-bond acceptors (Lipinski definition) is 3. The van der Waals surface area contributed by atoms with Crippen molar-refractivity contribution in [1.29, 1.82) is 0 Å². The number of carbonyl (C=O) groups excluding carboxylic acids is 1. The summed E-state index contributed by atoms with van der Waals surface area (Å²) in [5, 5.41) is 8.56. The van der Waals surface area contributed by atoms with Crippen LogP contribution in [0.25, 0.3) is 0 Å². The van der Waals surface area contributed by atoms with E-state index in [2.05, 4.69) is 16.9 Å². The van der Waals surface area contributed by atoms with E-state index < -0.39 is 0 Å². The first-order valence-corrected chi connectivity index (χ1v) is 7.11. The minimum atomic E-state index is -0.140. The van der Waals surface area contributed by atoms with E-state index >= 15 is 0 Å². The van der Waals surface area contributed by atoms with Gasteiger partial charge < -0.3 is 4.90 Å². The maximum absolute atomic E-state index is 12.7. The lowest BCUT2D eigenvalue weighted by Crippen LogP contribution is -2.35. The molecule has 0 saturated heterocycles. The van der Waals surface area contributed by atoms with Gasteiger partial charge in [0, 0.05) is 16.8 Å². The van der Waals surface area contributed by atoms with Gasteiger partial charge in [0.25, 0.3) is 5.91 Å². The first kappa shape index (κ1) is 13.8. The molecule has 1 aliphatic rings. The molecule has 0 aliphatic carbocycles. The Hall–Kier alpha value is -2.14. The molecule has 0 N–H and O–H groups in total. The summed E-state index contributed by atoms with van der Waals surface area (Å²) < 4.78 is 1.59. The number of aromatic nitrogens is 3. The van der Waals surface area contributed by atoms with Crippen LogP contribution in [0.4, 0.5) is 5.69 Å². The average molecular weight is 303 g/mol. The van der Waals surface area contributed by atoms with E-state index in [-0.39, 0.29) is 11.9 Å². The standard InChI is InChI=1S/C15H15ClN4O/c1-3-6-19-9-13(17-18-19)15(21)20-10(2)7-11-8-12(16)4-5-14(11)20/h3-5,8-10H,1,6-7H2,2H3. The Morgan fingerprint density at radius 1 is 1.57 bits per heavy atom. The maximum Gasteiger partial charge on any atom is 0.280 e. The Morgan fingerprint density at radius 2 is 2.38 bits per heavy atom. The lowest BCUT2D eigenvalue weighted by atomic mass is 10.1. The first-order valence-electron chi connectivity index (χ1n) is 6.73. The Balaban J connectivity index is 1.92. The number of amides is 1. The van der Waals surface area contributed by atoms with Crippen molar-refractivity contribution < 1.29 is 4.79 Å². The van der Waals surface area contributed by atoms with Gasteiger partial charge in [-0.2, -0.15) is 0 Å². The van der Waals surface area contributed by atoms with Crippen molar-refractivity contribution >= 4 is 23.2 Å². The van der Waals surface area contributed by atoms with Crippen LogP contribution in [0.15, 0.2) is 37.1 Å². The monoisotopic (exact) mass is 302 g/mol. The first-order chi connectivity index (χ1) is 10.1. The van der Waals surface area contributed by atoms with Gasteiger partial charge in [-0.1, -0.05) is 22.9 Å². The van der Waals surface area contributed by atoms with E-state index in [0.29, 0.717) is 17.3 Å².